The van der Waals surface area contributed by atoms with E-state index in [-0.39, 0.29) is 0 Å². The lowest BCUT2D eigenvalue weighted by Gasteiger charge is -1.94. The van der Waals surface area contributed by atoms with Crippen LogP contribution in [0, 0.1) is 0 Å². The van der Waals surface area contributed by atoms with Gasteiger partial charge in [0.15, 0.2) is 0 Å². The Bertz CT molecular complexity index is 318. The highest BCUT2D eigenvalue weighted by molar-refractivity contribution is 7.98. The van der Waals surface area contributed by atoms with Crippen molar-refractivity contribution in [2.45, 2.75) is 43.6 Å². The van der Waals surface area contributed by atoms with Crippen molar-refractivity contribution < 1.29 is 0 Å². The minimum atomic E-state index is 0.772. The van der Waals surface area contributed by atoms with E-state index in [0.29, 0.717) is 0 Å². The number of hydrogen-bond donors (Lipinski definition) is 1. The van der Waals surface area contributed by atoms with E-state index in [4.69, 9.17) is 4.98 Å². The van der Waals surface area contributed by atoms with E-state index < -0.39 is 0 Å². The smallest absolute Gasteiger partial charge is 0.103 e. The number of nitrogens with zero attached hydrogens (tertiary/aromatic N) is 1. The van der Waals surface area contributed by atoms with Crippen LogP contribution in [0.3, 0.4) is 0 Å². The monoisotopic (exact) mass is 259 g/mol. The summed E-state index contributed by atoms with van der Waals surface area (Å²) in [7, 11) is 0. The van der Waals surface area contributed by atoms with Gasteiger partial charge in [-0.1, -0.05) is 6.92 Å². The number of thiazole rings is 1. The molecular formula is C11H17NS3. The predicted molar refractivity (Wildman–Crippen MR) is 73.2 cm³/mol. The molecule has 4 heteroatoms. The van der Waals surface area contributed by atoms with Crippen molar-refractivity contribution in [3.63, 3.8) is 0 Å². The Balaban J connectivity index is 1.98. The average molecular weight is 259 g/mol. The van der Waals surface area contributed by atoms with Gasteiger partial charge in [0, 0.05) is 22.3 Å². The van der Waals surface area contributed by atoms with Crippen molar-refractivity contribution >= 4 is 35.7 Å². The molecule has 1 heterocycles. The van der Waals surface area contributed by atoms with Gasteiger partial charge in [0.1, 0.15) is 5.01 Å². The maximum Gasteiger partial charge on any atom is 0.103 e. The molecule has 0 aliphatic heterocycles. The molecule has 15 heavy (non-hydrogen) atoms. The summed E-state index contributed by atoms with van der Waals surface area (Å²) in [6.45, 7) is 2.23. The van der Waals surface area contributed by atoms with Crippen LogP contribution in [0.2, 0.25) is 0 Å². The van der Waals surface area contributed by atoms with Crippen LogP contribution in [0.5, 0.6) is 0 Å². The van der Waals surface area contributed by atoms with E-state index in [0.717, 1.165) is 17.4 Å². The Hall–Kier alpha value is 0.330. The fourth-order valence-corrected chi connectivity index (χ4v) is 3.89. The molecule has 84 valence electrons. The van der Waals surface area contributed by atoms with Crippen LogP contribution in [0.1, 0.15) is 47.7 Å². The van der Waals surface area contributed by atoms with Crippen molar-refractivity contribution in [2.75, 3.05) is 5.75 Å². The van der Waals surface area contributed by atoms with Crippen LogP contribution in [-0.2, 0) is 11.5 Å². The summed E-state index contributed by atoms with van der Waals surface area (Å²) in [6.07, 6.45) is 3.93. The summed E-state index contributed by atoms with van der Waals surface area (Å²) in [4.78, 5) is 6.17. The van der Waals surface area contributed by atoms with E-state index in [1.807, 2.05) is 23.1 Å². The van der Waals surface area contributed by atoms with Crippen LogP contribution in [0.25, 0.3) is 0 Å². The zero-order valence-electron chi connectivity index (χ0n) is 9.03. The van der Waals surface area contributed by atoms with E-state index in [1.165, 1.54) is 40.6 Å². The molecule has 0 unspecified atom stereocenters. The van der Waals surface area contributed by atoms with Crippen molar-refractivity contribution in [2.24, 2.45) is 0 Å². The topological polar surface area (TPSA) is 12.9 Å². The van der Waals surface area contributed by atoms with Crippen molar-refractivity contribution in [1.82, 2.24) is 4.98 Å². The molecule has 0 N–H and O–H groups in total. The average Bonchev–Trinajstić information content (AvgIpc) is 3.01. The van der Waals surface area contributed by atoms with Gasteiger partial charge in [-0.2, -0.15) is 24.4 Å². The van der Waals surface area contributed by atoms with Gasteiger partial charge in [-0.3, -0.25) is 0 Å². The molecule has 2 rings (SSSR count). The lowest BCUT2D eigenvalue weighted by molar-refractivity contribution is 1.01. The second kappa shape index (κ2) is 5.60. The molecular weight excluding hydrogens is 242 g/mol. The van der Waals surface area contributed by atoms with E-state index >= 15 is 0 Å². The number of thiol groups is 1. The molecule has 1 aliphatic rings. The first-order chi connectivity index (χ1) is 7.35. The second-order valence-electron chi connectivity index (χ2n) is 3.90. The highest BCUT2D eigenvalue weighted by Gasteiger charge is 2.28. The zero-order valence-corrected chi connectivity index (χ0v) is 11.6. The summed E-state index contributed by atoms with van der Waals surface area (Å²) in [5.41, 5.74) is 1.36. The number of aromatic nitrogens is 1. The van der Waals surface area contributed by atoms with Crippen molar-refractivity contribution in [3.05, 3.63) is 15.6 Å². The largest absolute Gasteiger partial charge is 0.245 e. The lowest BCUT2D eigenvalue weighted by Crippen LogP contribution is -1.86. The van der Waals surface area contributed by atoms with E-state index in [1.54, 1.807) is 0 Å². The third kappa shape index (κ3) is 3.14. The Morgan fingerprint density at radius 2 is 2.33 bits per heavy atom. The summed E-state index contributed by atoms with van der Waals surface area (Å²) in [6, 6.07) is 0. The summed E-state index contributed by atoms with van der Waals surface area (Å²) in [5.74, 6) is 3.97. The maximum absolute atomic E-state index is 4.76. The van der Waals surface area contributed by atoms with Gasteiger partial charge in [0.05, 0.1) is 5.69 Å². The van der Waals surface area contributed by atoms with Gasteiger partial charge in [-0.05, 0) is 25.0 Å². The molecule has 0 amide bonds. The molecule has 1 aromatic rings. The Morgan fingerprint density at radius 1 is 1.53 bits per heavy atom. The van der Waals surface area contributed by atoms with E-state index in [9.17, 15) is 0 Å². The Labute approximate surface area is 105 Å². The summed E-state index contributed by atoms with van der Waals surface area (Å²) < 4.78 is 0. The molecule has 1 aromatic heterocycles. The maximum atomic E-state index is 4.76. The quantitative estimate of drug-likeness (QED) is 0.610. The third-order valence-electron chi connectivity index (χ3n) is 2.45. The SMILES string of the molecule is CCCSCc1nc(C2CC2)c(CS)s1. The van der Waals surface area contributed by atoms with Crippen LogP contribution in [0.4, 0.5) is 0 Å². The molecule has 1 saturated carbocycles. The molecule has 0 aromatic carbocycles. The third-order valence-corrected chi connectivity index (χ3v) is 5.41. The molecule has 0 radical (unpaired) electrons. The number of rotatable bonds is 6. The first-order valence-electron chi connectivity index (χ1n) is 5.52. The van der Waals surface area contributed by atoms with Gasteiger partial charge in [0.25, 0.3) is 0 Å². The lowest BCUT2D eigenvalue weighted by atomic mass is 10.3. The van der Waals surface area contributed by atoms with E-state index in [2.05, 4.69) is 19.6 Å². The zero-order chi connectivity index (χ0) is 10.7. The molecule has 0 saturated heterocycles. The van der Waals surface area contributed by atoms with Crippen molar-refractivity contribution in [1.29, 1.82) is 0 Å². The van der Waals surface area contributed by atoms with Crippen molar-refractivity contribution in [3.8, 4) is 0 Å². The van der Waals surface area contributed by atoms with Gasteiger partial charge in [0.2, 0.25) is 0 Å². The van der Waals surface area contributed by atoms with Gasteiger partial charge >= 0.3 is 0 Å². The number of hydrogen-bond acceptors (Lipinski definition) is 4. The van der Waals surface area contributed by atoms with Gasteiger partial charge in [-0.15, -0.1) is 11.3 Å². The first-order valence-corrected chi connectivity index (χ1v) is 8.12. The highest BCUT2D eigenvalue weighted by atomic mass is 32.2. The standard InChI is InChI=1S/C11H17NS3/c1-2-5-14-7-10-12-11(8-3-4-8)9(6-13)15-10/h8,13H,2-7H2,1H3. The minimum Gasteiger partial charge on any atom is -0.245 e. The molecule has 1 fully saturated rings. The van der Waals surface area contributed by atoms with Crippen LogP contribution in [0.15, 0.2) is 0 Å². The van der Waals surface area contributed by atoms with Crippen LogP contribution >= 0.6 is 35.7 Å². The Morgan fingerprint density at radius 3 is 2.93 bits per heavy atom. The molecule has 1 aliphatic carbocycles. The molecule has 0 spiro atoms. The fourth-order valence-electron chi connectivity index (χ4n) is 1.57. The second-order valence-corrected chi connectivity index (χ2v) is 6.49. The molecule has 1 nitrogen and oxygen atoms in total. The summed E-state index contributed by atoms with van der Waals surface area (Å²) >= 11 is 8.25. The fraction of sp³-hybridized carbons (Fsp3) is 0.727. The van der Waals surface area contributed by atoms with Crippen LogP contribution in [-0.4, -0.2) is 10.7 Å². The first kappa shape index (κ1) is 11.8. The molecule has 0 bridgehead atoms. The number of thioether (sulfide) groups is 1. The van der Waals surface area contributed by atoms with Gasteiger partial charge < -0.3 is 0 Å². The highest BCUT2D eigenvalue weighted by Crippen LogP contribution is 2.43. The predicted octanol–water partition coefficient (Wildman–Crippen LogP) is 4.09. The normalized spacial score (nSPS) is 15.9. The summed E-state index contributed by atoms with van der Waals surface area (Å²) in [5, 5.41) is 1.31. The van der Waals surface area contributed by atoms with Gasteiger partial charge in [-0.25, -0.2) is 4.98 Å². The molecule has 0 atom stereocenters. The van der Waals surface area contributed by atoms with Crippen LogP contribution < -0.4 is 0 Å². The Kier molecular flexibility index (Phi) is 4.40. The minimum absolute atomic E-state index is 0.772.